The maximum Gasteiger partial charge on any atom is 0.261 e. The van der Waals surface area contributed by atoms with Crippen LogP contribution in [0.4, 0.5) is 4.39 Å². The van der Waals surface area contributed by atoms with Gasteiger partial charge in [0.2, 0.25) is 10.0 Å². The molecule has 1 heterocycles. The summed E-state index contributed by atoms with van der Waals surface area (Å²) >= 11 is 0. The number of nitrogens with zero attached hydrogens (tertiary/aromatic N) is 1. The fourth-order valence-electron chi connectivity index (χ4n) is 3.42. The van der Waals surface area contributed by atoms with E-state index in [1.54, 1.807) is 24.3 Å². The lowest BCUT2D eigenvalue weighted by Crippen LogP contribution is -2.39. The number of ether oxygens (including phenoxy) is 2. The van der Waals surface area contributed by atoms with Crippen LogP contribution in [-0.2, 0) is 14.8 Å². The van der Waals surface area contributed by atoms with Crippen molar-refractivity contribution in [3.05, 3.63) is 54.3 Å². The van der Waals surface area contributed by atoms with Crippen LogP contribution in [0, 0.1) is 5.82 Å². The van der Waals surface area contributed by atoms with E-state index >= 15 is 0 Å². The molecule has 2 aromatic carbocycles. The second-order valence-electron chi connectivity index (χ2n) is 7.54. The van der Waals surface area contributed by atoms with Gasteiger partial charge in [0, 0.05) is 13.1 Å². The average Bonchev–Trinajstić information content (AvgIpc) is 2.82. The molecule has 0 saturated carbocycles. The van der Waals surface area contributed by atoms with Crippen molar-refractivity contribution in [1.29, 1.82) is 0 Å². The summed E-state index contributed by atoms with van der Waals surface area (Å²) < 4.78 is 51.1. The van der Waals surface area contributed by atoms with Gasteiger partial charge in [-0.1, -0.05) is 13.3 Å². The van der Waals surface area contributed by atoms with E-state index in [1.165, 1.54) is 28.6 Å². The van der Waals surface area contributed by atoms with Crippen molar-refractivity contribution in [1.82, 2.24) is 9.62 Å². The van der Waals surface area contributed by atoms with Crippen LogP contribution in [0.5, 0.6) is 11.5 Å². The second kappa shape index (κ2) is 11.3. The van der Waals surface area contributed by atoms with Gasteiger partial charge in [-0.05, 0) is 67.8 Å². The minimum Gasteiger partial charge on any atom is -0.492 e. The number of sulfonamides is 1. The summed E-state index contributed by atoms with van der Waals surface area (Å²) in [6.45, 7) is 3.42. The topological polar surface area (TPSA) is 84.9 Å². The lowest BCUT2D eigenvalue weighted by atomic mass is 10.2. The predicted molar refractivity (Wildman–Crippen MR) is 119 cm³/mol. The van der Waals surface area contributed by atoms with Gasteiger partial charge < -0.3 is 14.8 Å². The molecule has 1 amide bonds. The number of hydrogen-bond donors (Lipinski definition) is 1. The molecule has 0 bridgehead atoms. The summed E-state index contributed by atoms with van der Waals surface area (Å²) in [6, 6.07) is 11.8. The summed E-state index contributed by atoms with van der Waals surface area (Å²) in [5, 5.41) is 2.75. The van der Waals surface area contributed by atoms with E-state index < -0.39 is 16.1 Å². The number of benzene rings is 2. The Kier molecular flexibility index (Phi) is 8.46. The Morgan fingerprint density at radius 3 is 2.28 bits per heavy atom. The number of nitrogens with one attached hydrogen (secondary N) is 1. The zero-order valence-corrected chi connectivity index (χ0v) is 18.9. The van der Waals surface area contributed by atoms with Crippen molar-refractivity contribution >= 4 is 15.9 Å². The molecule has 0 spiro atoms. The Hall–Kier alpha value is -2.65. The normalized spacial score (nSPS) is 15.7. The van der Waals surface area contributed by atoms with Crippen LogP contribution in [0.25, 0.3) is 0 Å². The number of carbonyl (C=O) groups excluding carboxylic acids is 1. The van der Waals surface area contributed by atoms with Crippen LogP contribution in [0.15, 0.2) is 53.4 Å². The molecule has 0 aromatic heterocycles. The van der Waals surface area contributed by atoms with Crippen molar-refractivity contribution in [3.63, 3.8) is 0 Å². The summed E-state index contributed by atoms with van der Waals surface area (Å²) in [5.74, 6) is 0.281. The van der Waals surface area contributed by atoms with Gasteiger partial charge in [-0.15, -0.1) is 0 Å². The molecule has 1 N–H and O–H groups in total. The predicted octanol–water partition coefficient (Wildman–Crippen LogP) is 3.35. The smallest absolute Gasteiger partial charge is 0.261 e. The Balaban J connectivity index is 1.44. The highest BCUT2D eigenvalue weighted by Gasteiger charge is 2.25. The van der Waals surface area contributed by atoms with E-state index in [0.29, 0.717) is 31.0 Å². The average molecular weight is 465 g/mol. The number of rotatable bonds is 10. The van der Waals surface area contributed by atoms with Gasteiger partial charge in [0.15, 0.2) is 6.10 Å². The zero-order chi connectivity index (χ0) is 23.0. The first-order valence-corrected chi connectivity index (χ1v) is 12.3. The standard InChI is InChI=1S/C23H29FN2O5S/c1-2-22(31-20-8-6-18(24)7-9-20)23(27)25-14-17-30-19-10-12-21(13-11-19)32(28,29)26-15-4-3-5-16-26/h6-13,22H,2-5,14-17H2,1H3,(H,25,27)/t22-/m1/s1. The van der Waals surface area contributed by atoms with Crippen molar-refractivity contribution in [3.8, 4) is 11.5 Å². The number of halogens is 1. The summed E-state index contributed by atoms with van der Waals surface area (Å²) in [5.41, 5.74) is 0. The largest absolute Gasteiger partial charge is 0.492 e. The van der Waals surface area contributed by atoms with Crippen LogP contribution in [0.2, 0.25) is 0 Å². The molecule has 174 valence electrons. The molecule has 1 aliphatic rings. The van der Waals surface area contributed by atoms with E-state index in [-0.39, 0.29) is 29.8 Å². The third kappa shape index (κ3) is 6.43. The Labute approximate surface area is 188 Å². The van der Waals surface area contributed by atoms with Crippen molar-refractivity contribution < 1.29 is 27.1 Å². The molecule has 1 fully saturated rings. The number of hydrogen-bond acceptors (Lipinski definition) is 5. The molecule has 0 unspecified atom stereocenters. The van der Waals surface area contributed by atoms with Gasteiger partial charge in [-0.3, -0.25) is 4.79 Å². The highest BCUT2D eigenvalue weighted by molar-refractivity contribution is 7.89. The molecule has 7 nitrogen and oxygen atoms in total. The Morgan fingerprint density at radius 1 is 1.03 bits per heavy atom. The Morgan fingerprint density at radius 2 is 1.66 bits per heavy atom. The fraction of sp³-hybridized carbons (Fsp3) is 0.435. The number of amides is 1. The molecule has 1 atom stereocenters. The third-order valence-electron chi connectivity index (χ3n) is 5.20. The number of piperidine rings is 1. The van der Waals surface area contributed by atoms with E-state index in [1.807, 2.05) is 6.92 Å². The first kappa shape index (κ1) is 24.0. The van der Waals surface area contributed by atoms with Crippen LogP contribution >= 0.6 is 0 Å². The minimum atomic E-state index is -3.47. The SMILES string of the molecule is CC[C@@H](Oc1ccc(F)cc1)C(=O)NCCOc1ccc(S(=O)(=O)N2CCCCC2)cc1. The summed E-state index contributed by atoms with van der Waals surface area (Å²) in [6.07, 6.45) is 2.60. The fourth-order valence-corrected chi connectivity index (χ4v) is 4.94. The summed E-state index contributed by atoms with van der Waals surface area (Å²) in [7, 11) is -3.47. The van der Waals surface area contributed by atoms with Gasteiger partial charge in [-0.2, -0.15) is 4.31 Å². The van der Waals surface area contributed by atoms with Crippen molar-refractivity contribution in [2.24, 2.45) is 0 Å². The highest BCUT2D eigenvalue weighted by Crippen LogP contribution is 2.22. The summed E-state index contributed by atoms with van der Waals surface area (Å²) in [4.78, 5) is 12.6. The lowest BCUT2D eigenvalue weighted by Gasteiger charge is -2.25. The molecular weight excluding hydrogens is 435 g/mol. The second-order valence-corrected chi connectivity index (χ2v) is 9.48. The number of carbonyl (C=O) groups is 1. The van der Waals surface area contributed by atoms with E-state index in [0.717, 1.165) is 19.3 Å². The van der Waals surface area contributed by atoms with Crippen molar-refractivity contribution in [2.45, 2.75) is 43.6 Å². The molecule has 3 rings (SSSR count). The molecule has 2 aromatic rings. The van der Waals surface area contributed by atoms with Gasteiger partial charge in [0.1, 0.15) is 23.9 Å². The quantitative estimate of drug-likeness (QED) is 0.545. The van der Waals surface area contributed by atoms with E-state index in [2.05, 4.69) is 5.32 Å². The Bertz CT molecular complexity index is 974. The minimum absolute atomic E-state index is 0.219. The van der Waals surface area contributed by atoms with Crippen LogP contribution in [0.3, 0.4) is 0 Å². The monoisotopic (exact) mass is 464 g/mol. The van der Waals surface area contributed by atoms with Gasteiger partial charge in [0.05, 0.1) is 11.4 Å². The molecule has 1 aliphatic heterocycles. The van der Waals surface area contributed by atoms with Crippen LogP contribution in [0.1, 0.15) is 32.6 Å². The highest BCUT2D eigenvalue weighted by atomic mass is 32.2. The molecule has 9 heteroatoms. The van der Waals surface area contributed by atoms with Crippen molar-refractivity contribution in [2.75, 3.05) is 26.2 Å². The van der Waals surface area contributed by atoms with E-state index in [9.17, 15) is 17.6 Å². The zero-order valence-electron chi connectivity index (χ0n) is 18.1. The lowest BCUT2D eigenvalue weighted by molar-refractivity contribution is -0.128. The van der Waals surface area contributed by atoms with Gasteiger partial charge in [-0.25, -0.2) is 12.8 Å². The maximum absolute atomic E-state index is 13.0. The first-order valence-electron chi connectivity index (χ1n) is 10.8. The molecule has 1 saturated heterocycles. The van der Waals surface area contributed by atoms with Gasteiger partial charge in [0.25, 0.3) is 5.91 Å². The van der Waals surface area contributed by atoms with E-state index in [4.69, 9.17) is 9.47 Å². The van der Waals surface area contributed by atoms with Crippen LogP contribution in [-0.4, -0.2) is 51.0 Å². The maximum atomic E-state index is 13.0. The molecule has 0 radical (unpaired) electrons. The van der Waals surface area contributed by atoms with Gasteiger partial charge >= 0.3 is 0 Å². The molecule has 32 heavy (non-hydrogen) atoms. The first-order chi connectivity index (χ1) is 15.4. The molecular formula is C23H29FN2O5S. The van der Waals surface area contributed by atoms with Crippen LogP contribution < -0.4 is 14.8 Å². The third-order valence-corrected chi connectivity index (χ3v) is 7.11. The molecule has 0 aliphatic carbocycles.